The number of anilines is 1. The number of carbonyl (C=O) groups is 3. The molecular formula is C30H41N7O4. The van der Waals surface area contributed by atoms with Gasteiger partial charge in [0.15, 0.2) is 0 Å². The molecule has 0 radical (unpaired) electrons. The first-order valence-electron chi connectivity index (χ1n) is 14.3. The number of carbonyl (C=O) groups excluding carboxylic acids is 3. The predicted octanol–water partition coefficient (Wildman–Crippen LogP) is 2.86. The molecule has 2 aliphatic rings. The Hall–Kier alpha value is -3.91. The zero-order valence-corrected chi connectivity index (χ0v) is 24.6. The largest absolute Gasteiger partial charge is 0.444 e. The lowest BCUT2D eigenvalue weighted by Crippen LogP contribution is -2.50. The van der Waals surface area contributed by atoms with Gasteiger partial charge in [0, 0.05) is 63.6 Å². The SMILES string of the molecule is CN(CCCN1CCN(C(=O)OC(C)(C)C)CC1)c1ccc2nccc(C(=O)NCC(=O)N3CCC[C@H]3C#N)c2c1. The zero-order chi connectivity index (χ0) is 29.6. The van der Waals surface area contributed by atoms with E-state index in [0.717, 1.165) is 50.1 Å². The number of piperazine rings is 1. The Labute approximate surface area is 242 Å². The highest BCUT2D eigenvalue weighted by molar-refractivity contribution is 6.07. The maximum absolute atomic E-state index is 13.1. The highest BCUT2D eigenvalue weighted by Crippen LogP contribution is 2.24. The molecule has 2 aromatic rings. The zero-order valence-electron chi connectivity index (χ0n) is 24.6. The Morgan fingerprint density at radius 3 is 2.61 bits per heavy atom. The van der Waals surface area contributed by atoms with Crippen LogP contribution in [0.2, 0.25) is 0 Å². The number of likely N-dealkylation sites (tertiary alicyclic amines) is 1. The van der Waals surface area contributed by atoms with Gasteiger partial charge in [-0.2, -0.15) is 5.26 Å². The third-order valence-electron chi connectivity index (χ3n) is 7.52. The minimum Gasteiger partial charge on any atom is -0.444 e. The fraction of sp³-hybridized carbons (Fsp3) is 0.567. The van der Waals surface area contributed by atoms with E-state index in [0.29, 0.717) is 37.1 Å². The van der Waals surface area contributed by atoms with Crippen molar-refractivity contribution in [2.24, 2.45) is 0 Å². The lowest BCUT2D eigenvalue weighted by atomic mass is 10.1. The van der Waals surface area contributed by atoms with E-state index in [1.807, 2.05) is 46.0 Å². The van der Waals surface area contributed by atoms with Crippen molar-refractivity contribution in [3.05, 3.63) is 36.0 Å². The van der Waals surface area contributed by atoms with Crippen molar-refractivity contribution in [3.8, 4) is 6.07 Å². The first-order valence-corrected chi connectivity index (χ1v) is 14.3. The summed E-state index contributed by atoms with van der Waals surface area (Å²) in [5, 5.41) is 12.7. The number of ether oxygens (including phenoxy) is 1. The number of amides is 3. The van der Waals surface area contributed by atoms with Crippen LogP contribution in [0.25, 0.3) is 10.9 Å². The molecule has 1 N–H and O–H groups in total. The summed E-state index contributed by atoms with van der Waals surface area (Å²) in [4.78, 5) is 50.2. The minimum atomic E-state index is -0.489. The molecule has 0 aliphatic carbocycles. The molecule has 41 heavy (non-hydrogen) atoms. The number of aromatic nitrogens is 1. The summed E-state index contributed by atoms with van der Waals surface area (Å²) >= 11 is 0. The van der Waals surface area contributed by atoms with Crippen molar-refractivity contribution in [1.29, 1.82) is 5.26 Å². The second-order valence-electron chi connectivity index (χ2n) is 11.7. The first kappa shape index (κ1) is 30.1. The van der Waals surface area contributed by atoms with Gasteiger partial charge >= 0.3 is 6.09 Å². The average Bonchev–Trinajstić information content (AvgIpc) is 3.44. The highest BCUT2D eigenvalue weighted by Gasteiger charge is 2.29. The lowest BCUT2D eigenvalue weighted by Gasteiger charge is -2.35. The van der Waals surface area contributed by atoms with Crippen LogP contribution in [0.5, 0.6) is 0 Å². The van der Waals surface area contributed by atoms with E-state index in [9.17, 15) is 19.6 Å². The first-order chi connectivity index (χ1) is 19.6. The fourth-order valence-corrected chi connectivity index (χ4v) is 5.26. The number of fused-ring (bicyclic) bond motifs is 1. The Morgan fingerprint density at radius 2 is 1.90 bits per heavy atom. The predicted molar refractivity (Wildman–Crippen MR) is 157 cm³/mol. The molecule has 1 atom stereocenters. The summed E-state index contributed by atoms with van der Waals surface area (Å²) in [6.07, 6.45) is 3.77. The normalized spacial score (nSPS) is 17.8. The van der Waals surface area contributed by atoms with Crippen LogP contribution >= 0.6 is 0 Å². The van der Waals surface area contributed by atoms with Crippen molar-refractivity contribution in [2.75, 3.05) is 64.3 Å². The molecule has 3 amide bonds. The van der Waals surface area contributed by atoms with E-state index in [2.05, 4.69) is 26.2 Å². The average molecular weight is 564 g/mol. The van der Waals surface area contributed by atoms with Crippen LogP contribution in [0.1, 0.15) is 50.4 Å². The second kappa shape index (κ2) is 13.2. The van der Waals surface area contributed by atoms with Crippen LogP contribution in [0.3, 0.4) is 0 Å². The monoisotopic (exact) mass is 563 g/mol. The molecule has 1 aromatic heterocycles. The third kappa shape index (κ3) is 7.85. The van der Waals surface area contributed by atoms with E-state index in [-0.39, 0.29) is 24.5 Å². The van der Waals surface area contributed by atoms with Gasteiger partial charge < -0.3 is 24.8 Å². The molecule has 3 heterocycles. The molecule has 4 rings (SSSR count). The van der Waals surface area contributed by atoms with E-state index >= 15 is 0 Å². The number of hydrogen-bond acceptors (Lipinski definition) is 8. The highest BCUT2D eigenvalue weighted by atomic mass is 16.6. The maximum atomic E-state index is 13.1. The lowest BCUT2D eigenvalue weighted by molar-refractivity contribution is -0.130. The van der Waals surface area contributed by atoms with E-state index < -0.39 is 11.6 Å². The fourth-order valence-electron chi connectivity index (χ4n) is 5.26. The van der Waals surface area contributed by atoms with Gasteiger partial charge in [0.25, 0.3) is 5.91 Å². The summed E-state index contributed by atoms with van der Waals surface area (Å²) in [5.74, 6) is -0.587. The number of nitrogens with zero attached hydrogens (tertiary/aromatic N) is 6. The molecule has 2 saturated heterocycles. The van der Waals surface area contributed by atoms with Crippen LogP contribution in [0, 0.1) is 11.3 Å². The summed E-state index contributed by atoms with van der Waals surface area (Å²) in [7, 11) is 2.03. The van der Waals surface area contributed by atoms with Crippen molar-refractivity contribution in [2.45, 2.75) is 51.7 Å². The van der Waals surface area contributed by atoms with Crippen LogP contribution in [0.4, 0.5) is 10.5 Å². The van der Waals surface area contributed by atoms with Crippen molar-refractivity contribution >= 4 is 34.5 Å². The number of hydrogen-bond donors (Lipinski definition) is 1. The van der Waals surface area contributed by atoms with Gasteiger partial charge in [0.05, 0.1) is 23.7 Å². The number of nitrogens with one attached hydrogen (secondary N) is 1. The summed E-state index contributed by atoms with van der Waals surface area (Å²) in [6, 6.07) is 9.27. The second-order valence-corrected chi connectivity index (χ2v) is 11.7. The van der Waals surface area contributed by atoms with Crippen molar-refractivity contribution < 1.29 is 19.1 Å². The molecule has 0 spiro atoms. The van der Waals surface area contributed by atoms with E-state index in [4.69, 9.17) is 4.74 Å². The quantitative estimate of drug-likeness (QED) is 0.520. The van der Waals surface area contributed by atoms with Crippen LogP contribution in [-0.2, 0) is 9.53 Å². The number of rotatable bonds is 8. The molecule has 0 bridgehead atoms. The molecular weight excluding hydrogens is 522 g/mol. The minimum absolute atomic E-state index is 0.146. The van der Waals surface area contributed by atoms with Gasteiger partial charge in [-0.15, -0.1) is 0 Å². The van der Waals surface area contributed by atoms with Crippen LogP contribution in [-0.4, -0.2) is 109 Å². The molecule has 11 heteroatoms. The van der Waals surface area contributed by atoms with Crippen LogP contribution < -0.4 is 10.2 Å². The van der Waals surface area contributed by atoms with Gasteiger partial charge in [0.1, 0.15) is 11.6 Å². The van der Waals surface area contributed by atoms with Gasteiger partial charge in [-0.05, 0) is 70.8 Å². The molecule has 220 valence electrons. The maximum Gasteiger partial charge on any atom is 0.410 e. The number of nitriles is 1. The number of benzene rings is 1. The molecule has 0 unspecified atom stereocenters. The molecule has 1 aromatic carbocycles. The Morgan fingerprint density at radius 1 is 1.15 bits per heavy atom. The standard InChI is InChI=1S/C30H41N7O4/c1-30(2,3)41-29(40)36-17-15-35(16-18-36)13-6-12-34(4)22-8-9-26-25(19-22)24(10-11-32-26)28(39)33-21-27(38)37-14-5-7-23(37)20-31/h8-11,19,23H,5-7,12-18,21H2,1-4H3,(H,33,39)/t23-/m0/s1. The number of pyridine rings is 1. The van der Waals surface area contributed by atoms with E-state index in [1.54, 1.807) is 22.1 Å². The summed E-state index contributed by atoms with van der Waals surface area (Å²) < 4.78 is 5.49. The van der Waals surface area contributed by atoms with Crippen molar-refractivity contribution in [1.82, 2.24) is 25.0 Å². The Bertz CT molecular complexity index is 1290. The third-order valence-corrected chi connectivity index (χ3v) is 7.52. The summed E-state index contributed by atoms with van der Waals surface area (Å²) in [6.45, 7) is 10.7. The van der Waals surface area contributed by atoms with Crippen molar-refractivity contribution in [3.63, 3.8) is 0 Å². The van der Waals surface area contributed by atoms with Gasteiger partial charge in [-0.25, -0.2) is 4.79 Å². The molecule has 11 nitrogen and oxygen atoms in total. The van der Waals surface area contributed by atoms with E-state index in [1.165, 1.54) is 0 Å². The Kier molecular flexibility index (Phi) is 9.65. The van der Waals surface area contributed by atoms with Gasteiger partial charge in [-0.1, -0.05) is 0 Å². The molecule has 0 saturated carbocycles. The van der Waals surface area contributed by atoms with Gasteiger partial charge in [0.2, 0.25) is 5.91 Å². The Balaban J connectivity index is 1.29. The molecule has 2 fully saturated rings. The smallest absolute Gasteiger partial charge is 0.410 e. The van der Waals surface area contributed by atoms with Gasteiger partial charge in [-0.3, -0.25) is 19.5 Å². The molecule has 2 aliphatic heterocycles. The van der Waals surface area contributed by atoms with Crippen LogP contribution in [0.15, 0.2) is 30.5 Å². The topological polar surface area (TPSA) is 122 Å². The summed E-state index contributed by atoms with van der Waals surface area (Å²) in [5.41, 5.74) is 1.64.